The monoisotopic (exact) mass is 846 g/mol. The van der Waals surface area contributed by atoms with Gasteiger partial charge in [-0.1, -0.05) is 149 Å². The van der Waals surface area contributed by atoms with Crippen LogP contribution in [0, 0.1) is 0 Å². The first-order valence-electron chi connectivity index (χ1n) is 23.1. The molecule has 4 nitrogen and oxygen atoms in total. The zero-order valence-electron chi connectivity index (χ0n) is 37.0. The topological polar surface area (TPSA) is 32.8 Å². The summed E-state index contributed by atoms with van der Waals surface area (Å²) in [5.41, 5.74) is 15.3. The summed E-state index contributed by atoms with van der Waals surface area (Å²) in [6, 6.07) is 67.3. The second kappa shape index (κ2) is 12.4. The van der Waals surface area contributed by atoms with E-state index in [0.29, 0.717) is 0 Å². The molecule has 0 aliphatic carbocycles. The summed E-state index contributed by atoms with van der Waals surface area (Å²) in [7, 11) is 0. The predicted molar refractivity (Wildman–Crippen MR) is 276 cm³/mol. The van der Waals surface area contributed by atoms with Crippen molar-refractivity contribution >= 4 is 121 Å². The molecule has 312 valence electrons. The minimum absolute atomic E-state index is 0.239. The Morgan fingerprint density at radius 3 is 1.12 bits per heavy atom. The number of nitrogens with zero attached hydrogens (tertiary/aromatic N) is 2. The highest BCUT2D eigenvalue weighted by Crippen LogP contribution is 2.58. The number of hydrogen-bond acceptors (Lipinski definition) is 4. The molecule has 0 atom stereocenters. The van der Waals surface area contributed by atoms with Crippen molar-refractivity contribution in [2.75, 3.05) is 9.80 Å². The van der Waals surface area contributed by atoms with Crippen LogP contribution in [0.3, 0.4) is 0 Å². The Morgan fingerprint density at radius 1 is 0.273 bits per heavy atom. The van der Waals surface area contributed by atoms with Crippen molar-refractivity contribution in [2.24, 2.45) is 0 Å². The van der Waals surface area contributed by atoms with Gasteiger partial charge in [-0.15, -0.1) is 0 Å². The molecule has 2 aliphatic heterocycles. The van der Waals surface area contributed by atoms with Gasteiger partial charge in [0.2, 0.25) is 0 Å². The van der Waals surface area contributed by atoms with Gasteiger partial charge in [0, 0.05) is 55.3 Å². The van der Waals surface area contributed by atoms with Gasteiger partial charge in [0.15, 0.2) is 0 Å². The number of benzene rings is 11. The standard InChI is InChI=1S/C62H42N2O2/c1-61(2)45-21-7-9-23-51(45)63(53-33-57-43(31-47(53)61)35-15-5-11-25-55(35)65-57)49-29-27-39-38-18-14-20-42-50(30-28-40(60(38)42)37-17-13-19-41(49)59(37)39)64-52-24-10-8-22-46(52)62(3,4)48-32-44-36-16-6-12-26-56(36)66-58(44)34-54(48)64/h5-34H,1-4H3. The smallest absolute Gasteiger partial charge is 0.137 e. The summed E-state index contributed by atoms with van der Waals surface area (Å²) in [5.74, 6) is 0. The number of rotatable bonds is 2. The van der Waals surface area contributed by atoms with E-state index in [9.17, 15) is 0 Å². The van der Waals surface area contributed by atoms with E-state index >= 15 is 0 Å². The van der Waals surface area contributed by atoms with Crippen LogP contribution in [0.15, 0.2) is 191 Å². The molecule has 2 aromatic heterocycles. The number of furan rings is 2. The molecule has 66 heavy (non-hydrogen) atoms. The molecule has 4 heterocycles. The first-order chi connectivity index (χ1) is 32.3. The van der Waals surface area contributed by atoms with E-state index < -0.39 is 0 Å². The fourth-order valence-electron chi connectivity index (χ4n) is 12.4. The lowest BCUT2D eigenvalue weighted by atomic mass is 9.73. The molecular weight excluding hydrogens is 805 g/mol. The Labute approximate surface area is 380 Å². The quantitative estimate of drug-likeness (QED) is 0.128. The molecule has 2 aliphatic rings. The molecule has 0 spiro atoms. The maximum atomic E-state index is 6.58. The van der Waals surface area contributed by atoms with E-state index in [4.69, 9.17) is 8.83 Å². The van der Waals surface area contributed by atoms with Gasteiger partial charge in [0.25, 0.3) is 0 Å². The van der Waals surface area contributed by atoms with Gasteiger partial charge in [-0.05, 0) is 103 Å². The van der Waals surface area contributed by atoms with E-state index in [-0.39, 0.29) is 10.8 Å². The predicted octanol–water partition coefficient (Wildman–Crippen LogP) is 17.8. The highest BCUT2D eigenvalue weighted by molar-refractivity contribution is 6.35. The average molecular weight is 847 g/mol. The summed E-state index contributed by atoms with van der Waals surface area (Å²) in [6.45, 7) is 9.45. The van der Waals surface area contributed by atoms with Crippen LogP contribution < -0.4 is 9.80 Å². The van der Waals surface area contributed by atoms with Crippen molar-refractivity contribution in [1.82, 2.24) is 0 Å². The molecule has 4 heteroatoms. The van der Waals surface area contributed by atoms with E-state index in [1.807, 2.05) is 0 Å². The van der Waals surface area contributed by atoms with Gasteiger partial charge in [0.05, 0.1) is 34.1 Å². The van der Waals surface area contributed by atoms with Gasteiger partial charge < -0.3 is 18.6 Å². The lowest BCUT2D eigenvalue weighted by molar-refractivity contribution is 0.630. The molecule has 0 unspecified atom stereocenters. The van der Waals surface area contributed by atoms with Crippen molar-refractivity contribution in [2.45, 2.75) is 38.5 Å². The molecule has 0 fully saturated rings. The molecule has 0 amide bonds. The largest absolute Gasteiger partial charge is 0.456 e. The maximum absolute atomic E-state index is 6.58. The molecule has 0 bridgehead atoms. The first-order valence-corrected chi connectivity index (χ1v) is 23.1. The second-order valence-electron chi connectivity index (χ2n) is 19.6. The van der Waals surface area contributed by atoms with Gasteiger partial charge >= 0.3 is 0 Å². The van der Waals surface area contributed by atoms with E-state index in [2.05, 4.69) is 219 Å². The van der Waals surface area contributed by atoms with Crippen LogP contribution in [0.2, 0.25) is 0 Å². The third-order valence-electron chi connectivity index (χ3n) is 15.6. The Kier molecular flexibility index (Phi) is 6.80. The van der Waals surface area contributed by atoms with E-state index in [1.165, 1.54) is 76.7 Å². The maximum Gasteiger partial charge on any atom is 0.137 e. The number of anilines is 6. The molecule has 0 saturated carbocycles. The number of para-hydroxylation sites is 4. The summed E-state index contributed by atoms with van der Waals surface area (Å²) in [6.07, 6.45) is 0. The Bertz CT molecular complexity index is 3970. The summed E-state index contributed by atoms with van der Waals surface area (Å²) < 4.78 is 13.2. The third-order valence-corrected chi connectivity index (χ3v) is 15.6. The molecule has 0 saturated heterocycles. The van der Waals surface area contributed by atoms with Crippen molar-refractivity contribution in [3.8, 4) is 0 Å². The summed E-state index contributed by atoms with van der Waals surface area (Å²) in [5, 5.41) is 14.6. The van der Waals surface area contributed by atoms with Crippen LogP contribution in [0.1, 0.15) is 49.9 Å². The summed E-state index contributed by atoms with van der Waals surface area (Å²) in [4.78, 5) is 4.99. The lowest BCUT2D eigenvalue weighted by Crippen LogP contribution is -2.30. The van der Waals surface area contributed by atoms with Crippen molar-refractivity contribution < 1.29 is 8.83 Å². The van der Waals surface area contributed by atoms with Gasteiger partial charge in [-0.2, -0.15) is 0 Å². The third kappa shape index (κ3) is 4.49. The molecule has 11 aromatic carbocycles. The minimum atomic E-state index is -0.239. The van der Waals surface area contributed by atoms with Crippen LogP contribution in [-0.2, 0) is 10.8 Å². The number of hydrogen-bond donors (Lipinski definition) is 0. The fourth-order valence-corrected chi connectivity index (χ4v) is 12.4. The minimum Gasteiger partial charge on any atom is -0.456 e. The normalized spacial score (nSPS) is 15.2. The molecule has 13 aromatic rings. The first kappa shape index (κ1) is 36.3. The van der Waals surface area contributed by atoms with Gasteiger partial charge in [-0.3, -0.25) is 0 Å². The Balaban J connectivity index is 0.982. The number of fused-ring (bicyclic) bond motifs is 12. The van der Waals surface area contributed by atoms with Crippen LogP contribution in [0.4, 0.5) is 34.1 Å². The molecular formula is C62H42N2O2. The lowest BCUT2D eigenvalue weighted by Gasteiger charge is -2.42. The molecule has 0 N–H and O–H groups in total. The van der Waals surface area contributed by atoms with Crippen LogP contribution in [0.5, 0.6) is 0 Å². The molecule has 15 rings (SSSR count). The zero-order chi connectivity index (χ0) is 43.8. The van der Waals surface area contributed by atoms with Crippen molar-refractivity contribution in [3.05, 3.63) is 204 Å². The Hall–Kier alpha value is -8.08. The Morgan fingerprint density at radius 2 is 0.652 bits per heavy atom. The van der Waals surface area contributed by atoms with E-state index in [1.54, 1.807) is 0 Å². The molecule has 0 radical (unpaired) electrons. The highest BCUT2D eigenvalue weighted by atomic mass is 16.3. The van der Waals surface area contributed by atoms with Crippen LogP contribution >= 0.6 is 0 Å². The van der Waals surface area contributed by atoms with Crippen molar-refractivity contribution in [1.29, 1.82) is 0 Å². The van der Waals surface area contributed by atoms with Gasteiger partial charge in [-0.25, -0.2) is 0 Å². The SMILES string of the molecule is CC1(C)c2ccccc2N(c2ccc3c4cccc5c(N6c7ccccc7C(C)(C)c7cc8c(cc76)oc6ccccc68)ccc(c6cccc2c63)c54)c2cc3oc4ccccc4c3cc21. The second-order valence-corrected chi connectivity index (χ2v) is 19.6. The van der Waals surface area contributed by atoms with Crippen LogP contribution in [-0.4, -0.2) is 0 Å². The zero-order valence-corrected chi connectivity index (χ0v) is 37.0. The summed E-state index contributed by atoms with van der Waals surface area (Å²) >= 11 is 0. The average Bonchev–Trinajstić information content (AvgIpc) is 3.90. The van der Waals surface area contributed by atoms with E-state index in [0.717, 1.165) is 66.6 Å². The van der Waals surface area contributed by atoms with Crippen molar-refractivity contribution in [3.63, 3.8) is 0 Å². The fraction of sp³-hybridized carbons (Fsp3) is 0.0968. The van der Waals surface area contributed by atoms with Gasteiger partial charge in [0.1, 0.15) is 22.3 Å². The highest BCUT2D eigenvalue weighted by Gasteiger charge is 2.40. The van der Waals surface area contributed by atoms with Crippen LogP contribution in [0.25, 0.3) is 87.0 Å².